The van der Waals surface area contributed by atoms with E-state index in [1.165, 1.54) is 0 Å². The second-order valence-electron chi connectivity index (χ2n) is 24.8. The minimum Gasteiger partial charge on any atom is -0.0704 e. The molecule has 0 aromatic heterocycles. The van der Waals surface area contributed by atoms with Crippen LogP contribution in [0.5, 0.6) is 0 Å². The van der Waals surface area contributed by atoms with Gasteiger partial charge in [-0.05, 0) is 40.3 Å². The Bertz CT molecular complexity index is 1020. The van der Waals surface area contributed by atoms with E-state index in [-0.39, 0.29) is 0 Å². The lowest BCUT2D eigenvalue weighted by Crippen LogP contribution is -2.81. The zero-order valence-corrected chi connectivity index (χ0v) is 44.3. The van der Waals surface area contributed by atoms with Gasteiger partial charge >= 0.3 is 0 Å². The molecule has 0 aliphatic rings. The summed E-state index contributed by atoms with van der Waals surface area (Å²) in [5.74, 6) is 0. The third kappa shape index (κ3) is 7.35. The van der Waals surface area contributed by atoms with E-state index in [2.05, 4.69) is 217 Å². The first-order chi connectivity index (χ1) is 20.5. The van der Waals surface area contributed by atoms with E-state index in [0.29, 0.717) is 40.3 Å². The largest absolute Gasteiger partial charge is 0.0727 e. The molecule has 1 rings (SSSR count). The van der Waals surface area contributed by atoms with Gasteiger partial charge < -0.3 is 0 Å². The first kappa shape index (κ1) is 46.5. The van der Waals surface area contributed by atoms with Crippen LogP contribution in [0, 0.1) is 0 Å². The van der Waals surface area contributed by atoms with Crippen molar-refractivity contribution < 1.29 is 0 Å². The van der Waals surface area contributed by atoms with Gasteiger partial charge in [-0.3, -0.25) is 0 Å². The van der Waals surface area contributed by atoms with Gasteiger partial charge in [0.2, 0.25) is 0 Å². The number of benzene rings is 1. The van der Waals surface area contributed by atoms with Crippen LogP contribution in [0.2, 0.25) is 66.5 Å². The third-order valence-corrected chi connectivity index (χ3v) is 96.7. The number of hydrogen-bond acceptors (Lipinski definition) is 0. The Balaban J connectivity index is 4.89. The highest BCUT2D eigenvalue weighted by molar-refractivity contribution is 7.68. The molecule has 1 aromatic rings. The van der Waals surface area contributed by atoms with Gasteiger partial charge in [0.1, 0.15) is 0 Å². The Morgan fingerprint density at radius 2 is 0.458 bits per heavy atom. The molecule has 0 aliphatic heterocycles. The van der Waals surface area contributed by atoms with Gasteiger partial charge in [0, 0.05) is 0 Å². The van der Waals surface area contributed by atoms with Crippen LogP contribution >= 0.6 is 0 Å². The lowest BCUT2D eigenvalue weighted by atomic mass is 10.2. The Labute approximate surface area is 311 Å². The van der Waals surface area contributed by atoms with Gasteiger partial charge in [0.25, 0.3) is 0 Å². The smallest absolute Gasteiger partial charge is 0.0704 e. The van der Waals surface area contributed by atoms with E-state index < -0.39 is 46.0 Å². The Morgan fingerprint density at radius 1 is 0.312 bits per heavy atom. The molecule has 0 heterocycles. The SMILES string of the molecule is CC(C)(C)[Si](C)([Si](c1cccc([Si]([Si](C)(C(C)(C)C)C(C)(C)C)[Si](C)(C(C)(C)C)C(C)(C)C)c1)[Si](C)(C(C)(C)C)C(C)(C)C)C(C)(C)C. The molecule has 48 heavy (non-hydrogen) atoms. The quantitative estimate of drug-likeness (QED) is 0.253. The predicted octanol–water partition coefficient (Wildman–Crippen LogP) is 14.1. The first-order valence-electron chi connectivity index (χ1n) is 19.3. The van der Waals surface area contributed by atoms with Crippen molar-refractivity contribution in [3.8, 4) is 0 Å². The molecule has 280 valence electrons. The molecule has 0 N–H and O–H groups in total. The molecule has 0 nitrogen and oxygen atoms in total. The summed E-state index contributed by atoms with van der Waals surface area (Å²) in [7, 11) is -9.88. The molecule has 0 saturated heterocycles. The van der Waals surface area contributed by atoms with Crippen molar-refractivity contribution in [3.63, 3.8) is 0 Å². The molecule has 6 heteroatoms. The molecule has 0 fully saturated rings. The summed E-state index contributed by atoms with van der Waals surface area (Å²) in [5.41, 5.74) is 0. The van der Waals surface area contributed by atoms with Crippen molar-refractivity contribution in [2.75, 3.05) is 0 Å². The number of rotatable bonds is 6. The van der Waals surface area contributed by atoms with E-state index in [1.807, 2.05) is 10.4 Å². The van der Waals surface area contributed by atoms with E-state index in [9.17, 15) is 0 Å². The van der Waals surface area contributed by atoms with E-state index in [0.717, 1.165) is 0 Å². The van der Waals surface area contributed by atoms with Crippen molar-refractivity contribution in [1.29, 1.82) is 0 Å². The molecule has 0 amide bonds. The summed E-state index contributed by atoms with van der Waals surface area (Å²) in [6, 6.07) is 10.9. The fourth-order valence-electron chi connectivity index (χ4n) is 10.5. The fraction of sp³-hybridized carbons (Fsp3) is 0.857. The zero-order valence-electron chi connectivity index (χ0n) is 38.3. The predicted molar refractivity (Wildman–Crippen MR) is 241 cm³/mol. The van der Waals surface area contributed by atoms with Crippen molar-refractivity contribution in [3.05, 3.63) is 24.3 Å². The average Bonchev–Trinajstić information content (AvgIpc) is 2.78. The maximum atomic E-state index is 2.97. The highest BCUT2D eigenvalue weighted by Gasteiger charge is 2.68. The summed E-state index contributed by atoms with van der Waals surface area (Å²) in [6.45, 7) is 74.9. The van der Waals surface area contributed by atoms with Crippen LogP contribution in [0.15, 0.2) is 24.3 Å². The van der Waals surface area contributed by atoms with Crippen LogP contribution in [-0.2, 0) is 0 Å². The van der Waals surface area contributed by atoms with Gasteiger partial charge in [0.15, 0.2) is 0 Å². The molecule has 1 aromatic carbocycles. The van der Waals surface area contributed by atoms with Gasteiger partial charge in [-0.2, -0.15) is 0 Å². The number of hydrogen-bond donors (Lipinski definition) is 0. The van der Waals surface area contributed by atoms with E-state index in [4.69, 9.17) is 0 Å². The van der Waals surface area contributed by atoms with Gasteiger partial charge in [-0.25, -0.2) is 0 Å². The maximum absolute atomic E-state index is 2.97. The van der Waals surface area contributed by atoms with Crippen LogP contribution in [-0.4, -0.2) is 46.0 Å². The standard InChI is InChI=1S/C42H88Si6/c1-35(2,3)45(25,36(4,5)6)43(46(26,37(7,8)9)38(10,11)12)33-30-29-31-34(32-33)44(47(27,39(13,14)15)40(16,17)18)48(28,41(19,20)21)42(22,23)24/h29-32H,1-28H3. The molecule has 0 bridgehead atoms. The van der Waals surface area contributed by atoms with E-state index in [1.54, 1.807) is 0 Å². The van der Waals surface area contributed by atoms with Crippen LogP contribution in [0.3, 0.4) is 0 Å². The Morgan fingerprint density at radius 3 is 0.583 bits per heavy atom. The highest BCUT2D eigenvalue weighted by Crippen LogP contribution is 2.62. The van der Waals surface area contributed by atoms with Gasteiger partial charge in [-0.15, -0.1) is 0 Å². The highest BCUT2D eigenvalue weighted by atomic mass is 29.6. The normalized spacial score (nSPS) is 16.3. The first-order valence-corrected chi connectivity index (χ1v) is 36.3. The monoisotopic (exact) mass is 761 g/mol. The molecule has 0 unspecified atom stereocenters. The van der Waals surface area contributed by atoms with Crippen molar-refractivity contribution in [2.24, 2.45) is 0 Å². The van der Waals surface area contributed by atoms with Crippen molar-refractivity contribution in [2.45, 2.75) is 233 Å². The summed E-state index contributed by atoms with van der Waals surface area (Å²) in [6.07, 6.45) is 0. The summed E-state index contributed by atoms with van der Waals surface area (Å²) < 4.78 is 0. The minimum atomic E-state index is -1.98. The van der Waals surface area contributed by atoms with Crippen LogP contribution in [0.1, 0.15) is 166 Å². The van der Waals surface area contributed by atoms with Crippen molar-refractivity contribution in [1.82, 2.24) is 0 Å². The molecule has 2 radical (unpaired) electrons. The summed E-state index contributed by atoms with van der Waals surface area (Å²) in [4.78, 5) is 0. The second kappa shape index (κ2) is 13.1. The van der Waals surface area contributed by atoms with Crippen LogP contribution < -0.4 is 10.4 Å². The van der Waals surface area contributed by atoms with Crippen molar-refractivity contribution >= 4 is 56.4 Å². The molecular formula is C42H88Si6. The molecular weight excluding hydrogens is 673 g/mol. The van der Waals surface area contributed by atoms with Gasteiger partial charge in [0.05, 0.1) is 46.0 Å². The zero-order chi connectivity index (χ0) is 39.1. The topological polar surface area (TPSA) is 0 Å². The lowest BCUT2D eigenvalue weighted by Gasteiger charge is -2.65. The minimum absolute atomic E-state index is 0.300. The summed E-state index contributed by atoms with van der Waals surface area (Å²) >= 11 is 0. The second-order valence-corrected chi connectivity index (χ2v) is 69.5. The Kier molecular flexibility index (Phi) is 12.7. The molecule has 0 saturated carbocycles. The average molecular weight is 762 g/mol. The summed E-state index contributed by atoms with van der Waals surface area (Å²) in [5, 5.41) is 6.03. The molecule has 0 atom stereocenters. The van der Waals surface area contributed by atoms with Gasteiger partial charge in [-0.1, -0.05) is 227 Å². The third-order valence-electron chi connectivity index (χ3n) is 15.4. The van der Waals surface area contributed by atoms with E-state index >= 15 is 0 Å². The molecule has 0 spiro atoms. The van der Waals surface area contributed by atoms with Crippen LogP contribution in [0.25, 0.3) is 0 Å². The van der Waals surface area contributed by atoms with Crippen LogP contribution in [0.4, 0.5) is 0 Å². The molecule has 0 aliphatic carbocycles. The maximum Gasteiger partial charge on any atom is 0.0727 e. The lowest BCUT2D eigenvalue weighted by molar-refractivity contribution is 0.625. The Hall–Kier alpha value is 0.521. The fourth-order valence-corrected chi connectivity index (χ4v) is 109.